The standard InChI is InChI=1S/C20H32N4O3S.ClH/c1-13(2)28-20-24-23-19(27-20)17(25)16(14-9-11-21-12-10-14)22-18(26)15-7-5-3-4-6-8-15;/h13-16,21H,3-12H2,1-2H3,(H,22,26);1H. The first-order valence-corrected chi connectivity index (χ1v) is 11.5. The van der Waals surface area contributed by atoms with Gasteiger partial charge in [-0.25, -0.2) is 0 Å². The molecular formula is C20H33ClN4O3S. The summed E-state index contributed by atoms with van der Waals surface area (Å²) < 4.78 is 5.60. The summed E-state index contributed by atoms with van der Waals surface area (Å²) in [5.41, 5.74) is 0. The van der Waals surface area contributed by atoms with Crippen LogP contribution in [0.5, 0.6) is 0 Å². The van der Waals surface area contributed by atoms with Crippen LogP contribution in [-0.2, 0) is 4.79 Å². The summed E-state index contributed by atoms with van der Waals surface area (Å²) in [5.74, 6) is -0.134. The monoisotopic (exact) mass is 444 g/mol. The maximum absolute atomic E-state index is 13.2. The third-order valence-electron chi connectivity index (χ3n) is 5.62. The van der Waals surface area contributed by atoms with Crippen LogP contribution in [0.15, 0.2) is 9.64 Å². The van der Waals surface area contributed by atoms with Gasteiger partial charge in [0.1, 0.15) is 6.04 Å². The number of aromatic nitrogens is 2. The van der Waals surface area contributed by atoms with Crippen molar-refractivity contribution in [1.29, 1.82) is 0 Å². The van der Waals surface area contributed by atoms with Crippen molar-refractivity contribution in [2.24, 2.45) is 11.8 Å². The molecule has 1 amide bonds. The van der Waals surface area contributed by atoms with Crippen LogP contribution in [0, 0.1) is 11.8 Å². The van der Waals surface area contributed by atoms with Gasteiger partial charge in [0.05, 0.1) is 0 Å². The first kappa shape index (κ1) is 24.2. The zero-order valence-electron chi connectivity index (χ0n) is 17.3. The molecule has 1 aromatic rings. The molecule has 1 saturated heterocycles. The molecule has 0 bridgehead atoms. The molecule has 1 aliphatic heterocycles. The fourth-order valence-electron chi connectivity index (χ4n) is 4.08. The van der Waals surface area contributed by atoms with Crippen molar-refractivity contribution >= 4 is 35.9 Å². The lowest BCUT2D eigenvalue weighted by Gasteiger charge is -2.30. The molecule has 0 radical (unpaired) electrons. The number of halogens is 1. The van der Waals surface area contributed by atoms with Crippen molar-refractivity contribution in [2.75, 3.05) is 13.1 Å². The van der Waals surface area contributed by atoms with Crippen molar-refractivity contribution < 1.29 is 14.0 Å². The quantitative estimate of drug-likeness (QED) is 0.376. The van der Waals surface area contributed by atoms with Crippen LogP contribution in [0.1, 0.15) is 75.9 Å². The fraction of sp³-hybridized carbons (Fsp3) is 0.800. The Labute approximate surface area is 183 Å². The lowest BCUT2D eigenvalue weighted by molar-refractivity contribution is -0.126. The number of thioether (sulfide) groups is 1. The molecule has 1 saturated carbocycles. The number of carbonyl (C=O) groups is 2. The zero-order valence-corrected chi connectivity index (χ0v) is 18.9. The molecule has 164 valence electrons. The molecular weight excluding hydrogens is 412 g/mol. The normalized spacial score (nSPS) is 20.0. The zero-order chi connectivity index (χ0) is 19.9. The predicted octanol–water partition coefficient (Wildman–Crippen LogP) is 3.63. The Bertz CT molecular complexity index is 656. The number of Topliss-reactive ketones (excluding diaryl/α,β-unsaturated/α-hetero) is 1. The van der Waals surface area contributed by atoms with Crippen molar-refractivity contribution in [3.05, 3.63) is 5.89 Å². The molecule has 1 unspecified atom stereocenters. The van der Waals surface area contributed by atoms with Gasteiger partial charge < -0.3 is 15.1 Å². The Hall–Kier alpha value is -1.12. The second kappa shape index (κ2) is 11.9. The summed E-state index contributed by atoms with van der Waals surface area (Å²) in [6, 6.07) is -0.588. The number of rotatable bonds is 7. The van der Waals surface area contributed by atoms with Crippen molar-refractivity contribution in [3.8, 4) is 0 Å². The molecule has 2 fully saturated rings. The highest BCUT2D eigenvalue weighted by atomic mass is 35.5. The van der Waals surface area contributed by atoms with Crippen LogP contribution in [-0.4, -0.2) is 46.3 Å². The Morgan fingerprint density at radius 3 is 2.34 bits per heavy atom. The molecule has 2 N–H and O–H groups in total. The second-order valence-electron chi connectivity index (χ2n) is 8.17. The highest BCUT2D eigenvalue weighted by molar-refractivity contribution is 7.99. The molecule has 9 heteroatoms. The molecule has 0 spiro atoms. The van der Waals surface area contributed by atoms with Crippen LogP contribution in [0.4, 0.5) is 0 Å². The first-order valence-electron chi connectivity index (χ1n) is 10.6. The van der Waals surface area contributed by atoms with Gasteiger partial charge in [-0.05, 0) is 44.7 Å². The van der Waals surface area contributed by atoms with Crippen LogP contribution >= 0.6 is 24.2 Å². The second-order valence-corrected chi connectivity index (χ2v) is 9.69. The van der Waals surface area contributed by atoms with Crippen molar-refractivity contribution in [1.82, 2.24) is 20.8 Å². The third kappa shape index (κ3) is 6.96. The molecule has 0 aromatic carbocycles. The van der Waals surface area contributed by atoms with Crippen molar-refractivity contribution in [3.63, 3.8) is 0 Å². The Kier molecular flexibility index (Phi) is 9.92. The van der Waals surface area contributed by atoms with E-state index >= 15 is 0 Å². The Balaban J connectivity index is 0.00000300. The number of amides is 1. The van der Waals surface area contributed by atoms with Gasteiger partial charge in [-0.15, -0.1) is 22.6 Å². The van der Waals surface area contributed by atoms with E-state index in [9.17, 15) is 9.59 Å². The summed E-state index contributed by atoms with van der Waals surface area (Å²) >= 11 is 1.43. The van der Waals surface area contributed by atoms with Crippen LogP contribution in [0.2, 0.25) is 0 Å². The van der Waals surface area contributed by atoms with Crippen LogP contribution in [0.25, 0.3) is 0 Å². The SMILES string of the molecule is CC(C)Sc1nnc(C(=O)C(NC(=O)C2CCCCCC2)C2CCNCC2)o1.Cl. The minimum absolute atomic E-state index is 0. The number of nitrogens with one attached hydrogen (secondary N) is 2. The number of carbonyl (C=O) groups excluding carboxylic acids is 2. The summed E-state index contributed by atoms with van der Waals surface area (Å²) in [6.07, 6.45) is 8.08. The van der Waals surface area contributed by atoms with Gasteiger partial charge in [0.25, 0.3) is 11.1 Å². The van der Waals surface area contributed by atoms with E-state index in [4.69, 9.17) is 4.42 Å². The molecule has 1 aromatic heterocycles. The number of hydrogen-bond donors (Lipinski definition) is 2. The van der Waals surface area contributed by atoms with E-state index in [1.807, 2.05) is 13.8 Å². The molecule has 7 nitrogen and oxygen atoms in total. The number of hydrogen-bond acceptors (Lipinski definition) is 7. The molecule has 2 heterocycles. The maximum Gasteiger partial charge on any atom is 0.286 e. The lowest BCUT2D eigenvalue weighted by Crippen LogP contribution is -2.50. The van der Waals surface area contributed by atoms with Crippen LogP contribution < -0.4 is 10.6 Å². The van der Waals surface area contributed by atoms with Crippen LogP contribution in [0.3, 0.4) is 0 Å². The van der Waals surface area contributed by atoms with Gasteiger partial charge in [-0.2, -0.15) is 0 Å². The van der Waals surface area contributed by atoms with E-state index in [2.05, 4.69) is 20.8 Å². The van der Waals surface area contributed by atoms with Gasteiger partial charge >= 0.3 is 0 Å². The van der Waals surface area contributed by atoms with Gasteiger partial charge in [-0.1, -0.05) is 51.3 Å². The molecule has 1 atom stereocenters. The number of ketones is 1. The van der Waals surface area contributed by atoms with E-state index in [1.54, 1.807) is 0 Å². The molecule has 29 heavy (non-hydrogen) atoms. The van der Waals surface area contributed by atoms with Gasteiger partial charge in [0, 0.05) is 11.2 Å². The van der Waals surface area contributed by atoms with E-state index in [-0.39, 0.29) is 41.8 Å². The van der Waals surface area contributed by atoms with E-state index in [0.29, 0.717) is 10.5 Å². The van der Waals surface area contributed by atoms with E-state index in [0.717, 1.165) is 51.6 Å². The first-order chi connectivity index (χ1) is 13.5. The average Bonchev–Trinajstić information content (AvgIpc) is 2.97. The summed E-state index contributed by atoms with van der Waals surface area (Å²) in [5, 5.41) is 15.0. The highest BCUT2D eigenvalue weighted by Crippen LogP contribution is 2.26. The summed E-state index contributed by atoms with van der Waals surface area (Å²) in [7, 11) is 0. The summed E-state index contributed by atoms with van der Waals surface area (Å²) in [4.78, 5) is 26.1. The Morgan fingerprint density at radius 2 is 1.72 bits per heavy atom. The smallest absolute Gasteiger partial charge is 0.286 e. The van der Waals surface area contributed by atoms with Gasteiger partial charge in [-0.3, -0.25) is 9.59 Å². The van der Waals surface area contributed by atoms with E-state index in [1.165, 1.54) is 24.6 Å². The molecule has 3 rings (SSSR count). The minimum atomic E-state index is -0.588. The van der Waals surface area contributed by atoms with E-state index < -0.39 is 6.04 Å². The largest absolute Gasteiger partial charge is 0.408 e. The number of nitrogens with zero attached hydrogens (tertiary/aromatic N) is 2. The van der Waals surface area contributed by atoms with Crippen molar-refractivity contribution in [2.45, 2.75) is 81.7 Å². The minimum Gasteiger partial charge on any atom is -0.408 e. The molecule has 2 aliphatic rings. The predicted molar refractivity (Wildman–Crippen MR) is 116 cm³/mol. The third-order valence-corrected chi connectivity index (χ3v) is 6.45. The Morgan fingerprint density at radius 1 is 1.07 bits per heavy atom. The number of piperidine rings is 1. The lowest BCUT2D eigenvalue weighted by atomic mass is 9.86. The topological polar surface area (TPSA) is 97.1 Å². The maximum atomic E-state index is 13.2. The summed E-state index contributed by atoms with van der Waals surface area (Å²) in [6.45, 7) is 5.76. The highest BCUT2D eigenvalue weighted by Gasteiger charge is 2.36. The molecule has 1 aliphatic carbocycles. The average molecular weight is 445 g/mol. The fourth-order valence-corrected chi connectivity index (χ4v) is 4.70. The van der Waals surface area contributed by atoms with Gasteiger partial charge in [0.15, 0.2) is 0 Å². The van der Waals surface area contributed by atoms with Gasteiger partial charge in [0.2, 0.25) is 11.7 Å².